The van der Waals surface area contributed by atoms with Crippen LogP contribution < -0.4 is 0 Å². The Morgan fingerprint density at radius 2 is 1.91 bits per heavy atom. The second-order valence-corrected chi connectivity index (χ2v) is 12.2. The van der Waals surface area contributed by atoms with Crippen molar-refractivity contribution in [1.82, 2.24) is 20.0 Å². The summed E-state index contributed by atoms with van der Waals surface area (Å²) < 4.78 is 23.9. The van der Waals surface area contributed by atoms with Gasteiger partial charge in [-0.15, -0.1) is 0 Å². The van der Waals surface area contributed by atoms with E-state index >= 15 is 0 Å². The lowest BCUT2D eigenvalue weighted by molar-refractivity contribution is -0.113. The highest BCUT2D eigenvalue weighted by atomic mass is 35.5. The monoisotopic (exact) mass is 529 g/mol. The van der Waals surface area contributed by atoms with Gasteiger partial charge in [-0.2, -0.15) is 10.1 Å². The number of nitrogens with zero attached hydrogens (tertiary/aromatic N) is 4. The fourth-order valence-electron chi connectivity index (χ4n) is 4.16. The maximum Gasteiger partial charge on any atom is 0.286 e. The van der Waals surface area contributed by atoms with Crippen LogP contribution in [0.3, 0.4) is 0 Å². The van der Waals surface area contributed by atoms with Crippen LogP contribution in [0.5, 0.6) is 0 Å². The van der Waals surface area contributed by atoms with Crippen LogP contribution in [-0.4, -0.2) is 79.0 Å². The normalized spacial score (nSPS) is 18.9. The fourth-order valence-corrected chi connectivity index (χ4v) is 6.18. The van der Waals surface area contributed by atoms with Crippen molar-refractivity contribution in [2.45, 2.75) is 11.3 Å². The molecule has 2 aliphatic rings. The van der Waals surface area contributed by atoms with Crippen LogP contribution in [0.4, 0.5) is 0 Å². The Morgan fingerprint density at radius 1 is 1.14 bits per heavy atom. The molecule has 2 aromatic carbocycles. The minimum atomic E-state index is -3.38. The first kappa shape index (κ1) is 24.1. The van der Waals surface area contributed by atoms with Crippen molar-refractivity contribution in [3.8, 4) is 0 Å². The molecule has 35 heavy (non-hydrogen) atoms. The topological polar surface area (TPSA) is 98.7 Å². The van der Waals surface area contributed by atoms with Gasteiger partial charge in [-0.25, -0.2) is 8.42 Å². The maximum atomic E-state index is 13.1. The standard InChI is InChI=1S/C24H24ClN5O3S2/c1-29-7-9-30(10-8-29)24-27-23(31)22(34-24)19(15-4-6-21-17(11-15)14-26-28-21)12-16-3-5-18(13-20(16)25)35(2,32)33/h3-6,11,13-14H,7-10,12H2,1-2H3,(H,26,28). The van der Waals surface area contributed by atoms with Gasteiger partial charge in [0.05, 0.1) is 21.5 Å². The van der Waals surface area contributed by atoms with Gasteiger partial charge in [0.2, 0.25) is 0 Å². The van der Waals surface area contributed by atoms with Crippen LogP contribution in [-0.2, 0) is 21.1 Å². The highest BCUT2D eigenvalue weighted by Gasteiger charge is 2.31. The van der Waals surface area contributed by atoms with Gasteiger partial charge < -0.3 is 9.80 Å². The number of likely N-dealkylation sites (N-methyl/N-ethyl adjacent to an activating group) is 1. The number of H-pyrrole nitrogens is 1. The van der Waals surface area contributed by atoms with E-state index < -0.39 is 9.84 Å². The summed E-state index contributed by atoms with van der Waals surface area (Å²) in [5, 5.41) is 9.03. The van der Waals surface area contributed by atoms with Gasteiger partial charge in [0.1, 0.15) is 0 Å². The number of aliphatic imine (C=N–C) groups is 1. The predicted octanol–water partition coefficient (Wildman–Crippen LogP) is 3.45. The molecule has 2 aliphatic heterocycles. The molecule has 11 heteroatoms. The van der Waals surface area contributed by atoms with E-state index in [1.54, 1.807) is 18.3 Å². The molecule has 5 rings (SSSR count). The molecule has 0 radical (unpaired) electrons. The van der Waals surface area contributed by atoms with Crippen molar-refractivity contribution in [1.29, 1.82) is 0 Å². The number of thioether (sulfide) groups is 1. The second kappa shape index (κ2) is 9.42. The first-order valence-electron chi connectivity index (χ1n) is 11.1. The van der Waals surface area contributed by atoms with Crippen molar-refractivity contribution in [3.63, 3.8) is 0 Å². The van der Waals surface area contributed by atoms with E-state index in [1.807, 2.05) is 18.2 Å². The second-order valence-electron chi connectivity index (χ2n) is 8.77. The number of carbonyl (C=O) groups is 1. The minimum absolute atomic E-state index is 0.160. The molecule has 3 aromatic rings. The smallest absolute Gasteiger partial charge is 0.286 e. The number of amidine groups is 1. The highest BCUT2D eigenvalue weighted by molar-refractivity contribution is 8.18. The number of benzene rings is 2. The summed E-state index contributed by atoms with van der Waals surface area (Å²) in [5.74, 6) is -0.268. The molecule has 0 atom stereocenters. The van der Waals surface area contributed by atoms with Crippen molar-refractivity contribution < 1.29 is 13.2 Å². The Kier molecular flexibility index (Phi) is 6.47. The van der Waals surface area contributed by atoms with E-state index in [0.29, 0.717) is 16.3 Å². The number of rotatable bonds is 4. The van der Waals surface area contributed by atoms with Crippen LogP contribution in [0.15, 0.2) is 57.4 Å². The van der Waals surface area contributed by atoms with Gasteiger partial charge in [0.25, 0.3) is 5.91 Å². The molecule has 1 saturated heterocycles. The van der Waals surface area contributed by atoms with Gasteiger partial charge in [0.15, 0.2) is 15.0 Å². The van der Waals surface area contributed by atoms with Crippen molar-refractivity contribution in [2.75, 3.05) is 39.5 Å². The maximum absolute atomic E-state index is 13.1. The van der Waals surface area contributed by atoms with Gasteiger partial charge in [-0.05, 0) is 59.8 Å². The Bertz CT molecular complexity index is 1490. The Labute approximate surface area is 213 Å². The molecular formula is C24H24ClN5O3S2. The summed E-state index contributed by atoms with van der Waals surface area (Å²) in [6, 6.07) is 10.6. The average Bonchev–Trinajstić information content (AvgIpc) is 3.44. The zero-order valence-corrected chi connectivity index (χ0v) is 21.7. The number of halogens is 1. The van der Waals surface area contributed by atoms with E-state index in [2.05, 4.69) is 32.0 Å². The lowest BCUT2D eigenvalue weighted by atomic mass is 9.96. The van der Waals surface area contributed by atoms with E-state index in [4.69, 9.17) is 11.6 Å². The number of allylic oxidation sites excluding steroid dienone is 1. The molecular weight excluding hydrogens is 506 g/mol. The molecule has 3 heterocycles. The Hall–Kier alpha value is -2.66. The van der Waals surface area contributed by atoms with E-state index in [1.165, 1.54) is 17.8 Å². The molecule has 0 saturated carbocycles. The number of sulfone groups is 1. The first-order valence-corrected chi connectivity index (χ1v) is 14.2. The molecule has 0 unspecified atom stereocenters. The quantitative estimate of drug-likeness (QED) is 0.517. The summed E-state index contributed by atoms with van der Waals surface area (Å²) in [4.78, 5) is 22.7. The highest BCUT2D eigenvalue weighted by Crippen LogP contribution is 2.38. The zero-order chi connectivity index (χ0) is 24.7. The van der Waals surface area contributed by atoms with Gasteiger partial charge in [-0.1, -0.05) is 23.7 Å². The van der Waals surface area contributed by atoms with Crippen LogP contribution in [0, 0.1) is 0 Å². The number of aromatic nitrogens is 2. The minimum Gasteiger partial charge on any atom is -0.348 e. The third kappa shape index (κ3) is 5.02. The van der Waals surface area contributed by atoms with Gasteiger partial charge in [-0.3, -0.25) is 9.89 Å². The number of hydrogen-bond donors (Lipinski definition) is 1. The Balaban J connectivity index is 1.54. The van der Waals surface area contributed by atoms with Crippen LogP contribution >= 0.6 is 23.4 Å². The number of fused-ring (bicyclic) bond motifs is 1. The average molecular weight is 530 g/mol. The van der Waals surface area contributed by atoms with E-state index in [0.717, 1.165) is 65.2 Å². The Morgan fingerprint density at radius 3 is 2.63 bits per heavy atom. The molecule has 1 aromatic heterocycles. The number of amides is 1. The SMILES string of the molecule is CN1CCN(C2=NC(=O)C(=C(Cc3ccc(S(C)(=O)=O)cc3Cl)c3ccc4[nH]ncc4c3)S2)CC1. The van der Waals surface area contributed by atoms with E-state index in [9.17, 15) is 13.2 Å². The van der Waals surface area contributed by atoms with Crippen LogP contribution in [0.1, 0.15) is 11.1 Å². The van der Waals surface area contributed by atoms with Crippen molar-refractivity contribution in [3.05, 3.63) is 63.6 Å². The van der Waals surface area contributed by atoms with E-state index in [-0.39, 0.29) is 10.8 Å². The fraction of sp³-hybridized carbons (Fsp3) is 0.292. The first-order chi connectivity index (χ1) is 16.7. The number of hydrogen-bond acceptors (Lipinski definition) is 7. The molecule has 182 valence electrons. The molecule has 0 bridgehead atoms. The third-order valence-electron chi connectivity index (χ3n) is 6.24. The lowest BCUT2D eigenvalue weighted by Crippen LogP contribution is -2.46. The molecule has 1 amide bonds. The third-order valence-corrected chi connectivity index (χ3v) is 8.86. The summed E-state index contributed by atoms with van der Waals surface area (Å²) in [6.45, 7) is 3.47. The number of aromatic amines is 1. The predicted molar refractivity (Wildman–Crippen MR) is 140 cm³/mol. The summed E-state index contributed by atoms with van der Waals surface area (Å²) in [7, 11) is -1.30. The van der Waals surface area contributed by atoms with Crippen molar-refractivity contribution >= 4 is 60.8 Å². The molecule has 0 spiro atoms. The number of carbonyl (C=O) groups excluding carboxylic acids is 1. The van der Waals surface area contributed by atoms with Crippen LogP contribution in [0.25, 0.3) is 16.5 Å². The summed E-state index contributed by atoms with van der Waals surface area (Å²) in [5.41, 5.74) is 3.29. The summed E-state index contributed by atoms with van der Waals surface area (Å²) >= 11 is 7.91. The summed E-state index contributed by atoms with van der Waals surface area (Å²) in [6.07, 6.45) is 3.24. The number of nitrogens with one attached hydrogen (secondary N) is 1. The van der Waals surface area contributed by atoms with Gasteiger partial charge >= 0.3 is 0 Å². The molecule has 1 fully saturated rings. The zero-order valence-electron chi connectivity index (χ0n) is 19.3. The molecule has 1 N–H and O–H groups in total. The van der Waals surface area contributed by atoms with Gasteiger partial charge in [0, 0.05) is 49.3 Å². The lowest BCUT2D eigenvalue weighted by Gasteiger charge is -2.33. The van der Waals surface area contributed by atoms with Crippen LogP contribution in [0.2, 0.25) is 5.02 Å². The number of piperazine rings is 1. The molecule has 8 nitrogen and oxygen atoms in total. The molecule has 0 aliphatic carbocycles. The van der Waals surface area contributed by atoms with Crippen molar-refractivity contribution in [2.24, 2.45) is 4.99 Å². The largest absolute Gasteiger partial charge is 0.348 e.